The Hall–Kier alpha value is -5.82. The van der Waals surface area contributed by atoms with E-state index in [0.29, 0.717) is 63.7 Å². The number of benzene rings is 4. The van der Waals surface area contributed by atoms with E-state index in [0.717, 1.165) is 22.8 Å². The number of hydrogen-bond donors (Lipinski definition) is 5. The topological polar surface area (TPSA) is 152 Å². The van der Waals surface area contributed by atoms with E-state index >= 15 is 0 Å². The zero-order valence-electron chi connectivity index (χ0n) is 30.3. The molecule has 272 valence electrons. The molecule has 0 aliphatic heterocycles. The number of nitrogens with one attached hydrogen (secondary N) is 5. The normalized spacial score (nSPS) is 11.7. The first-order valence-corrected chi connectivity index (χ1v) is 18.3. The number of aromatic nitrogens is 1. The van der Waals surface area contributed by atoms with Gasteiger partial charge in [-0.25, -0.2) is 14.0 Å². The Morgan fingerprint density at radius 2 is 1.56 bits per heavy atom. The molecule has 12 nitrogen and oxygen atoms in total. The lowest BCUT2D eigenvalue weighted by molar-refractivity contribution is 0.0950. The van der Waals surface area contributed by atoms with Gasteiger partial charge in [0, 0.05) is 47.6 Å². The summed E-state index contributed by atoms with van der Waals surface area (Å²) in [4.78, 5) is 30.4. The minimum Gasteiger partial charge on any atom is -0.496 e. The van der Waals surface area contributed by atoms with Crippen molar-refractivity contribution in [2.45, 2.75) is 39.5 Å². The molecule has 5 N–H and O–H groups in total. The third kappa shape index (κ3) is 9.09. The maximum Gasteiger partial charge on any atom is 0.323 e. The van der Waals surface area contributed by atoms with Crippen LogP contribution in [0.2, 0.25) is 0 Å². The summed E-state index contributed by atoms with van der Waals surface area (Å²) in [6.07, 6.45) is 3.99. The predicted molar refractivity (Wildman–Crippen MR) is 209 cm³/mol. The van der Waals surface area contributed by atoms with Crippen LogP contribution in [-0.2, 0) is 16.4 Å². The lowest BCUT2D eigenvalue weighted by Gasteiger charge is -2.24. The molecule has 0 spiro atoms. The Kier molecular flexibility index (Phi) is 11.9. The monoisotopic (exact) mass is 724 g/mol. The third-order valence-electron chi connectivity index (χ3n) is 8.01. The van der Waals surface area contributed by atoms with Crippen LogP contribution < -0.4 is 40.2 Å². The van der Waals surface area contributed by atoms with Crippen molar-refractivity contribution < 1.29 is 28.0 Å². The number of ether oxygens (including phenoxy) is 3. The van der Waals surface area contributed by atoms with E-state index in [9.17, 15) is 13.8 Å². The summed E-state index contributed by atoms with van der Waals surface area (Å²) >= 11 is 0. The van der Waals surface area contributed by atoms with Crippen LogP contribution in [0.15, 0.2) is 85.1 Å². The summed E-state index contributed by atoms with van der Waals surface area (Å²) in [5.74, 6) is 2.24. The molecule has 0 aliphatic rings. The van der Waals surface area contributed by atoms with Gasteiger partial charge in [-0.2, -0.15) is 0 Å². The molecule has 0 saturated heterocycles. The first-order chi connectivity index (χ1) is 24.9. The summed E-state index contributed by atoms with van der Waals surface area (Å²) in [6.45, 7) is 8.73. The van der Waals surface area contributed by atoms with Crippen molar-refractivity contribution in [2.75, 3.05) is 47.7 Å². The fraction of sp³-hybridized carbons (Fsp3) is 0.256. The van der Waals surface area contributed by atoms with Gasteiger partial charge in [-0.15, -0.1) is 0 Å². The summed E-state index contributed by atoms with van der Waals surface area (Å²) in [5, 5.41) is 13.5. The lowest BCUT2D eigenvalue weighted by atomic mass is 9.86. The fourth-order valence-electron chi connectivity index (χ4n) is 5.46. The summed E-state index contributed by atoms with van der Waals surface area (Å²) < 4.78 is 32.4. The minimum absolute atomic E-state index is 0.197. The van der Waals surface area contributed by atoms with Crippen LogP contribution in [0.4, 0.5) is 33.4 Å². The molecule has 0 bridgehead atoms. The van der Waals surface area contributed by atoms with Crippen LogP contribution in [0.25, 0.3) is 10.8 Å². The zero-order valence-corrected chi connectivity index (χ0v) is 31.1. The molecule has 3 amide bonds. The number of pyridine rings is 1. The molecule has 4 aromatic carbocycles. The quantitative estimate of drug-likeness (QED) is 0.0810. The van der Waals surface area contributed by atoms with Crippen molar-refractivity contribution in [1.29, 1.82) is 0 Å². The molecule has 1 atom stereocenters. The molecule has 13 heteroatoms. The van der Waals surface area contributed by atoms with Crippen molar-refractivity contribution in [3.05, 3.63) is 96.2 Å². The molecule has 0 saturated carbocycles. The zero-order chi connectivity index (χ0) is 37.4. The Morgan fingerprint density at radius 3 is 2.25 bits per heavy atom. The van der Waals surface area contributed by atoms with Gasteiger partial charge in [-0.1, -0.05) is 52.0 Å². The Balaban J connectivity index is 1.35. The van der Waals surface area contributed by atoms with Gasteiger partial charge in [-0.05, 0) is 59.9 Å². The number of urea groups is 1. The molecular weight excluding hydrogens is 681 g/mol. The van der Waals surface area contributed by atoms with Crippen LogP contribution in [0, 0.1) is 0 Å². The van der Waals surface area contributed by atoms with E-state index in [2.05, 4.69) is 51.7 Å². The molecule has 1 heterocycles. The standard InChI is InChI=1S/C39H44N6O6S/c1-8-18-41-37(46)29-14-13-25(22-34(29)49-5)42-35-23-26(17-19-40-35)51-33-16-15-30(27-11-9-10-12-28(27)33)43-38(47)44-31-20-24(39(2,3)4)21-32(36(31)50-6)45-52(7)48/h9-17,19-23,45H,8,18H2,1-7H3,(H,40,42)(H,41,46)(H2,43,44,47). The van der Waals surface area contributed by atoms with Crippen LogP contribution in [0.3, 0.4) is 0 Å². The molecule has 1 aromatic heterocycles. The van der Waals surface area contributed by atoms with Crippen LogP contribution in [0.5, 0.6) is 23.0 Å². The number of nitrogens with zero attached hydrogens (tertiary/aromatic N) is 1. The highest BCUT2D eigenvalue weighted by Gasteiger charge is 2.22. The molecular formula is C39H44N6O6S. The highest BCUT2D eigenvalue weighted by molar-refractivity contribution is 7.85. The second-order valence-corrected chi connectivity index (χ2v) is 14.0. The van der Waals surface area contributed by atoms with Crippen LogP contribution >= 0.6 is 0 Å². The number of carbonyl (C=O) groups excluding carboxylic acids is 2. The molecule has 0 fully saturated rings. The van der Waals surface area contributed by atoms with Gasteiger partial charge in [0.2, 0.25) is 0 Å². The van der Waals surface area contributed by atoms with E-state index in [1.54, 1.807) is 48.7 Å². The average molecular weight is 725 g/mol. The Bertz CT molecular complexity index is 2120. The maximum atomic E-state index is 13.5. The van der Waals surface area contributed by atoms with Gasteiger partial charge >= 0.3 is 6.03 Å². The first kappa shape index (κ1) is 37.4. The van der Waals surface area contributed by atoms with Crippen molar-refractivity contribution in [2.24, 2.45) is 0 Å². The number of amides is 3. The van der Waals surface area contributed by atoms with Gasteiger partial charge in [-0.3, -0.25) is 4.79 Å². The summed E-state index contributed by atoms with van der Waals surface area (Å²) in [6, 6.07) is 23.2. The van der Waals surface area contributed by atoms with E-state index in [-0.39, 0.29) is 11.3 Å². The van der Waals surface area contributed by atoms with E-state index < -0.39 is 17.0 Å². The highest BCUT2D eigenvalue weighted by Crippen LogP contribution is 2.40. The van der Waals surface area contributed by atoms with E-state index in [4.69, 9.17) is 14.2 Å². The number of rotatable bonds is 13. The first-order valence-electron chi connectivity index (χ1n) is 16.7. The van der Waals surface area contributed by atoms with Crippen molar-refractivity contribution in [1.82, 2.24) is 10.3 Å². The minimum atomic E-state index is -1.36. The van der Waals surface area contributed by atoms with Gasteiger partial charge in [0.15, 0.2) is 5.75 Å². The van der Waals surface area contributed by atoms with Gasteiger partial charge in [0.05, 0.1) is 36.8 Å². The predicted octanol–water partition coefficient (Wildman–Crippen LogP) is 8.57. The summed E-state index contributed by atoms with van der Waals surface area (Å²) in [5.41, 5.74) is 3.30. The molecule has 52 heavy (non-hydrogen) atoms. The lowest BCUT2D eigenvalue weighted by Crippen LogP contribution is -2.24. The van der Waals surface area contributed by atoms with Crippen molar-refractivity contribution in [3.8, 4) is 23.0 Å². The second-order valence-electron chi connectivity index (χ2n) is 12.9. The van der Waals surface area contributed by atoms with Crippen molar-refractivity contribution >= 4 is 62.3 Å². The van der Waals surface area contributed by atoms with Crippen LogP contribution in [-0.4, -0.2) is 48.2 Å². The molecule has 1 unspecified atom stereocenters. The number of carbonyl (C=O) groups is 2. The smallest absolute Gasteiger partial charge is 0.323 e. The molecule has 5 rings (SSSR count). The molecule has 0 aliphatic carbocycles. The highest BCUT2D eigenvalue weighted by atomic mass is 32.2. The second kappa shape index (κ2) is 16.5. The third-order valence-corrected chi connectivity index (χ3v) is 8.51. The molecule has 0 radical (unpaired) electrons. The summed E-state index contributed by atoms with van der Waals surface area (Å²) in [7, 11) is 1.66. The van der Waals surface area contributed by atoms with Crippen LogP contribution in [0.1, 0.15) is 50.0 Å². The SMILES string of the molecule is CCCNC(=O)c1ccc(Nc2cc(Oc3ccc(NC(=O)Nc4cc(C(C)(C)C)cc(NS(C)=O)c4OC)c4ccccc34)ccn2)cc1OC. The average Bonchev–Trinajstić information content (AvgIpc) is 3.11. The largest absolute Gasteiger partial charge is 0.496 e. The van der Waals surface area contributed by atoms with Gasteiger partial charge in [0.25, 0.3) is 5.91 Å². The van der Waals surface area contributed by atoms with E-state index in [1.807, 2.05) is 43.3 Å². The molecule has 5 aromatic rings. The number of anilines is 5. The number of fused-ring (bicyclic) bond motifs is 1. The fourth-order valence-corrected chi connectivity index (χ4v) is 5.92. The maximum absolute atomic E-state index is 13.5. The Labute approximate surface area is 306 Å². The van der Waals surface area contributed by atoms with Crippen molar-refractivity contribution in [3.63, 3.8) is 0 Å². The Morgan fingerprint density at radius 1 is 0.827 bits per heavy atom. The number of methoxy groups -OCH3 is 2. The van der Waals surface area contributed by atoms with Gasteiger partial charge in [0.1, 0.15) is 34.1 Å². The van der Waals surface area contributed by atoms with Gasteiger partial charge < -0.3 is 40.2 Å². The van der Waals surface area contributed by atoms with E-state index in [1.165, 1.54) is 20.5 Å². The number of hydrogen-bond acceptors (Lipinski definition) is 8.